The molecule has 3 aliphatic rings. The summed E-state index contributed by atoms with van der Waals surface area (Å²) in [6.45, 7) is 8.85. The molecule has 3 aliphatic carbocycles. The van der Waals surface area contributed by atoms with Gasteiger partial charge in [-0.1, -0.05) is 52.7 Å². The van der Waals surface area contributed by atoms with Crippen molar-refractivity contribution in [2.75, 3.05) is 6.61 Å². The lowest BCUT2D eigenvalue weighted by molar-refractivity contribution is -0.109. The lowest BCUT2D eigenvalue weighted by Gasteiger charge is -2.62. The monoisotopic (exact) mass is 346 g/mol. The van der Waals surface area contributed by atoms with Gasteiger partial charge in [0.1, 0.15) is 0 Å². The zero-order chi connectivity index (χ0) is 18.4. The number of allylic oxidation sites excluding steroid dienone is 3. The van der Waals surface area contributed by atoms with Crippen LogP contribution in [0.2, 0.25) is 0 Å². The van der Waals surface area contributed by atoms with Crippen LogP contribution in [0.25, 0.3) is 0 Å². The Labute approximate surface area is 152 Å². The molecule has 25 heavy (non-hydrogen) atoms. The zero-order valence-electron chi connectivity index (χ0n) is 16.1. The summed E-state index contributed by atoms with van der Waals surface area (Å²) in [7, 11) is 0. The lowest BCUT2D eigenvalue weighted by atomic mass is 9.42. The number of unbranched alkanes of at least 4 members (excludes halogenated alkanes) is 1. The van der Waals surface area contributed by atoms with Crippen LogP contribution in [0.15, 0.2) is 35.1 Å². The minimum atomic E-state index is -0.658. The Bertz CT molecular complexity index is 613. The van der Waals surface area contributed by atoms with Crippen LogP contribution in [0.3, 0.4) is 0 Å². The molecule has 0 amide bonds. The summed E-state index contributed by atoms with van der Waals surface area (Å²) >= 11 is 0. The normalized spacial score (nSPS) is 37.8. The first-order valence-corrected chi connectivity index (χ1v) is 9.86. The Balaban J connectivity index is 1.85. The van der Waals surface area contributed by atoms with E-state index in [0.717, 1.165) is 43.3 Å². The van der Waals surface area contributed by atoms with E-state index in [1.54, 1.807) is 0 Å². The highest BCUT2D eigenvalue weighted by Crippen LogP contribution is 2.65. The highest BCUT2D eigenvalue weighted by atomic mass is 16.3. The molecule has 0 aliphatic heterocycles. The van der Waals surface area contributed by atoms with Gasteiger partial charge in [0, 0.05) is 0 Å². The smallest absolute Gasteiger partial charge is 0.0991 e. The molecule has 0 aromatic carbocycles. The second-order valence-corrected chi connectivity index (χ2v) is 9.17. The van der Waals surface area contributed by atoms with E-state index in [0.29, 0.717) is 11.7 Å². The molecule has 140 valence electrons. The summed E-state index contributed by atoms with van der Waals surface area (Å²) in [5.41, 5.74) is 1.93. The van der Waals surface area contributed by atoms with Gasteiger partial charge in [-0.15, -0.1) is 0 Å². The van der Waals surface area contributed by atoms with E-state index in [2.05, 4.69) is 33.8 Å². The van der Waals surface area contributed by atoms with Crippen molar-refractivity contribution >= 4 is 0 Å². The van der Waals surface area contributed by atoms with Gasteiger partial charge in [0.15, 0.2) is 0 Å². The molecule has 1 fully saturated rings. The van der Waals surface area contributed by atoms with Gasteiger partial charge in [-0.25, -0.2) is 0 Å². The minimum absolute atomic E-state index is 0.0392. The molecule has 3 rings (SSSR count). The van der Waals surface area contributed by atoms with Crippen molar-refractivity contribution in [1.82, 2.24) is 0 Å². The van der Waals surface area contributed by atoms with Crippen molar-refractivity contribution in [2.24, 2.45) is 28.6 Å². The molecule has 1 saturated carbocycles. The molecule has 3 nitrogen and oxygen atoms in total. The number of hydrogen-bond acceptors (Lipinski definition) is 3. The van der Waals surface area contributed by atoms with E-state index in [4.69, 9.17) is 0 Å². The fourth-order valence-electron chi connectivity index (χ4n) is 5.52. The van der Waals surface area contributed by atoms with Crippen LogP contribution < -0.4 is 0 Å². The molecule has 0 aromatic rings. The van der Waals surface area contributed by atoms with Crippen molar-refractivity contribution in [3.63, 3.8) is 0 Å². The van der Waals surface area contributed by atoms with Crippen LogP contribution in [0.4, 0.5) is 0 Å². The number of rotatable bonds is 6. The maximum atomic E-state index is 11.0. The maximum Gasteiger partial charge on any atom is 0.0991 e. The zero-order valence-corrected chi connectivity index (χ0v) is 16.1. The Hall–Kier alpha value is -1.06. The van der Waals surface area contributed by atoms with Crippen LogP contribution >= 0.6 is 0 Å². The van der Waals surface area contributed by atoms with E-state index < -0.39 is 6.10 Å². The maximum absolute atomic E-state index is 11.0. The van der Waals surface area contributed by atoms with E-state index >= 15 is 0 Å². The second kappa shape index (κ2) is 6.59. The summed E-state index contributed by atoms with van der Waals surface area (Å²) in [5.74, 6) is 0.809. The first-order valence-electron chi connectivity index (χ1n) is 9.86. The van der Waals surface area contributed by atoms with E-state index in [-0.39, 0.29) is 29.3 Å². The standard InChI is InChI=1S/C22H34O3/c1-5-6-9-21(2,3)16-11-18(24)20(19(25)12-16)22(4)15-8-7-14(13-23)17(22)10-15/h7,11-12,15,17-18,20,23-25H,5-6,8-10,13H2,1-4H3/t15-,17-,18?,20?,22?/m1/s1. The first kappa shape index (κ1) is 18.7. The van der Waals surface area contributed by atoms with E-state index in [1.807, 2.05) is 12.2 Å². The molecule has 5 atom stereocenters. The van der Waals surface area contributed by atoms with Crippen molar-refractivity contribution < 1.29 is 15.3 Å². The van der Waals surface area contributed by atoms with Gasteiger partial charge >= 0.3 is 0 Å². The molecule has 0 radical (unpaired) electrons. The highest BCUT2D eigenvalue weighted by Gasteiger charge is 2.60. The van der Waals surface area contributed by atoms with E-state index in [1.165, 1.54) is 0 Å². The van der Waals surface area contributed by atoms with Gasteiger partial charge in [-0.2, -0.15) is 0 Å². The van der Waals surface area contributed by atoms with Gasteiger partial charge in [-0.05, 0) is 59.2 Å². The lowest BCUT2D eigenvalue weighted by Crippen LogP contribution is -2.58. The summed E-state index contributed by atoms with van der Waals surface area (Å²) in [6, 6.07) is 0. The summed E-state index contributed by atoms with van der Waals surface area (Å²) in [4.78, 5) is 0. The fourth-order valence-corrected chi connectivity index (χ4v) is 5.52. The SMILES string of the molecule is CCCCC(C)(C)C1=CC(O)C(C2(C)[C@@H]3CC=C(CO)[C@H]2C3)C(O)=C1. The topological polar surface area (TPSA) is 60.7 Å². The minimum Gasteiger partial charge on any atom is -0.512 e. The van der Waals surface area contributed by atoms with Crippen LogP contribution in [-0.4, -0.2) is 28.0 Å². The van der Waals surface area contributed by atoms with Gasteiger partial charge in [0.05, 0.1) is 24.4 Å². The molecule has 0 spiro atoms. The number of fused-ring (bicyclic) bond motifs is 2. The van der Waals surface area contributed by atoms with Gasteiger partial charge in [0.2, 0.25) is 0 Å². The molecular formula is C22H34O3. The van der Waals surface area contributed by atoms with Crippen LogP contribution in [-0.2, 0) is 0 Å². The van der Waals surface area contributed by atoms with Gasteiger partial charge in [0.25, 0.3) is 0 Å². The third kappa shape index (κ3) is 2.90. The largest absolute Gasteiger partial charge is 0.512 e. The first-order chi connectivity index (χ1) is 11.8. The van der Waals surface area contributed by atoms with Crippen LogP contribution in [0.1, 0.15) is 59.8 Å². The average Bonchev–Trinajstić information content (AvgIpc) is 2.58. The predicted octanol–water partition coefficient (Wildman–Crippen LogP) is 4.53. The van der Waals surface area contributed by atoms with E-state index in [9.17, 15) is 15.3 Å². The van der Waals surface area contributed by atoms with Crippen LogP contribution in [0.5, 0.6) is 0 Å². The fraction of sp³-hybridized carbons (Fsp3) is 0.727. The number of aliphatic hydroxyl groups excluding tert-OH is 3. The second-order valence-electron chi connectivity index (χ2n) is 9.17. The van der Waals surface area contributed by atoms with Crippen molar-refractivity contribution in [1.29, 1.82) is 0 Å². The summed E-state index contributed by atoms with van der Waals surface area (Å²) < 4.78 is 0. The molecule has 0 saturated heterocycles. The molecule has 0 aromatic heterocycles. The molecule has 2 bridgehead atoms. The quantitative estimate of drug-likeness (QED) is 0.619. The number of hydrogen-bond donors (Lipinski definition) is 3. The van der Waals surface area contributed by atoms with Gasteiger partial charge < -0.3 is 15.3 Å². The Morgan fingerprint density at radius 1 is 1.32 bits per heavy atom. The third-order valence-corrected chi connectivity index (χ3v) is 7.37. The van der Waals surface area contributed by atoms with Gasteiger partial charge in [-0.3, -0.25) is 0 Å². The van der Waals surface area contributed by atoms with Crippen molar-refractivity contribution in [2.45, 2.75) is 65.9 Å². The predicted molar refractivity (Wildman–Crippen MR) is 101 cm³/mol. The molecule has 0 heterocycles. The average molecular weight is 347 g/mol. The number of aliphatic hydroxyl groups is 3. The molecule has 3 N–H and O–H groups in total. The molecule has 3 heteroatoms. The third-order valence-electron chi connectivity index (χ3n) is 7.37. The van der Waals surface area contributed by atoms with Crippen LogP contribution in [0, 0.1) is 28.6 Å². The molecular weight excluding hydrogens is 312 g/mol. The Kier molecular flexibility index (Phi) is 4.93. The highest BCUT2D eigenvalue weighted by molar-refractivity contribution is 5.38. The Morgan fingerprint density at radius 2 is 2.04 bits per heavy atom. The Morgan fingerprint density at radius 3 is 2.60 bits per heavy atom. The summed E-state index contributed by atoms with van der Waals surface area (Å²) in [5, 5.41) is 31.5. The van der Waals surface area contributed by atoms with Crippen molar-refractivity contribution in [3.8, 4) is 0 Å². The van der Waals surface area contributed by atoms with Crippen molar-refractivity contribution in [3.05, 3.63) is 35.1 Å². The summed E-state index contributed by atoms with van der Waals surface area (Å²) in [6.07, 6.45) is 10.7. The molecule has 3 unspecified atom stereocenters.